The lowest BCUT2D eigenvalue weighted by Gasteiger charge is -2.27. The maximum Gasteiger partial charge on any atom is 0.264 e. The van der Waals surface area contributed by atoms with E-state index in [0.717, 1.165) is 29.1 Å². The lowest BCUT2D eigenvalue weighted by molar-refractivity contribution is -0.120. The smallest absolute Gasteiger partial charge is 0.264 e. The molecule has 0 aliphatic heterocycles. The Balaban J connectivity index is 1.64. The SMILES string of the molecule is COc1ccc(N(CC(=O)N[C@@H]2C[C@H]3CC[C@H]2C3)S(=O)(=O)c2ccc(C)cc2)cc1OC. The van der Waals surface area contributed by atoms with Gasteiger partial charge in [0.15, 0.2) is 11.5 Å². The maximum atomic E-state index is 13.6. The molecule has 0 saturated heterocycles. The summed E-state index contributed by atoms with van der Waals surface area (Å²) in [4.78, 5) is 13.1. The fourth-order valence-corrected chi connectivity index (χ4v) is 6.35. The van der Waals surface area contributed by atoms with Gasteiger partial charge in [-0.3, -0.25) is 9.10 Å². The van der Waals surface area contributed by atoms with Crippen molar-refractivity contribution in [1.82, 2.24) is 5.32 Å². The second-order valence-corrected chi connectivity index (χ2v) is 10.6. The minimum atomic E-state index is -3.98. The van der Waals surface area contributed by atoms with Crippen molar-refractivity contribution < 1.29 is 22.7 Å². The van der Waals surface area contributed by atoms with E-state index in [9.17, 15) is 13.2 Å². The van der Waals surface area contributed by atoms with Crippen LogP contribution in [0.3, 0.4) is 0 Å². The molecule has 2 saturated carbocycles. The number of aryl methyl sites for hydroxylation is 1. The Kier molecular flexibility index (Phi) is 6.33. The highest BCUT2D eigenvalue weighted by Gasteiger charge is 2.40. The van der Waals surface area contributed by atoms with E-state index in [1.54, 1.807) is 42.5 Å². The average Bonchev–Trinajstić information content (AvgIpc) is 3.40. The summed E-state index contributed by atoms with van der Waals surface area (Å²) >= 11 is 0. The molecule has 2 aromatic rings. The summed E-state index contributed by atoms with van der Waals surface area (Å²) in [6.07, 6.45) is 4.51. The van der Waals surface area contributed by atoms with Crippen molar-refractivity contribution in [2.45, 2.75) is 43.5 Å². The third-order valence-corrected chi connectivity index (χ3v) is 8.42. The third-order valence-electron chi connectivity index (χ3n) is 6.64. The van der Waals surface area contributed by atoms with Crippen LogP contribution in [0.5, 0.6) is 11.5 Å². The number of nitrogens with zero attached hydrogens (tertiary/aromatic N) is 1. The zero-order valence-electron chi connectivity index (χ0n) is 18.7. The molecule has 0 aromatic heterocycles. The quantitative estimate of drug-likeness (QED) is 0.654. The Bertz CT molecular complexity index is 1080. The molecule has 3 atom stereocenters. The van der Waals surface area contributed by atoms with Crippen molar-refractivity contribution in [2.75, 3.05) is 25.1 Å². The van der Waals surface area contributed by atoms with E-state index in [-0.39, 0.29) is 23.4 Å². The predicted octanol–water partition coefficient (Wildman–Crippen LogP) is 3.51. The van der Waals surface area contributed by atoms with Gasteiger partial charge in [0, 0.05) is 12.1 Å². The number of carbonyl (C=O) groups is 1. The summed E-state index contributed by atoms with van der Waals surface area (Å²) in [5, 5.41) is 3.09. The van der Waals surface area contributed by atoms with Crippen molar-refractivity contribution in [1.29, 1.82) is 0 Å². The first-order valence-corrected chi connectivity index (χ1v) is 12.4. The van der Waals surface area contributed by atoms with Gasteiger partial charge >= 0.3 is 0 Å². The van der Waals surface area contributed by atoms with Gasteiger partial charge in [-0.05, 0) is 62.3 Å². The number of ether oxygens (including phenoxy) is 2. The average molecular weight is 459 g/mol. The van der Waals surface area contributed by atoms with Crippen LogP contribution in [0.15, 0.2) is 47.4 Å². The lowest BCUT2D eigenvalue weighted by Crippen LogP contribution is -2.46. The standard InChI is InChI=1S/C24H30N2O5S/c1-16-4-9-20(10-5-16)32(28,29)26(19-8-11-22(30-2)23(14-19)31-3)15-24(27)25-21-13-17-6-7-18(21)12-17/h4-5,8-11,14,17-18,21H,6-7,12-13,15H2,1-3H3,(H,25,27)/t17-,18-,21+/m0/s1. The Morgan fingerprint density at radius 1 is 1.03 bits per heavy atom. The molecule has 32 heavy (non-hydrogen) atoms. The highest BCUT2D eigenvalue weighted by atomic mass is 32.2. The zero-order valence-corrected chi connectivity index (χ0v) is 19.5. The molecule has 0 radical (unpaired) electrons. The molecule has 1 N–H and O–H groups in total. The number of amides is 1. The van der Waals surface area contributed by atoms with Crippen LogP contribution in [0.2, 0.25) is 0 Å². The van der Waals surface area contributed by atoms with Crippen molar-refractivity contribution in [2.24, 2.45) is 11.8 Å². The number of benzene rings is 2. The Labute approximate surface area is 189 Å². The number of hydrogen-bond acceptors (Lipinski definition) is 5. The van der Waals surface area contributed by atoms with Crippen molar-refractivity contribution in [3.05, 3.63) is 48.0 Å². The first-order chi connectivity index (χ1) is 15.3. The van der Waals surface area contributed by atoms with Crippen LogP contribution < -0.4 is 19.1 Å². The van der Waals surface area contributed by atoms with E-state index >= 15 is 0 Å². The molecule has 4 rings (SSSR count). The first-order valence-electron chi connectivity index (χ1n) is 10.9. The lowest BCUT2D eigenvalue weighted by atomic mass is 9.95. The molecule has 1 amide bonds. The Morgan fingerprint density at radius 3 is 2.34 bits per heavy atom. The van der Waals surface area contributed by atoms with Gasteiger partial charge in [-0.2, -0.15) is 0 Å². The number of anilines is 1. The largest absolute Gasteiger partial charge is 0.493 e. The molecule has 2 bridgehead atoms. The number of fused-ring (bicyclic) bond motifs is 2. The highest BCUT2D eigenvalue weighted by Crippen LogP contribution is 2.44. The van der Waals surface area contributed by atoms with Gasteiger partial charge in [-0.15, -0.1) is 0 Å². The van der Waals surface area contributed by atoms with Crippen molar-refractivity contribution >= 4 is 21.6 Å². The highest BCUT2D eigenvalue weighted by molar-refractivity contribution is 7.92. The Hall–Kier alpha value is -2.74. The fraction of sp³-hybridized carbons (Fsp3) is 0.458. The van der Waals surface area contributed by atoms with Crippen LogP contribution in [0.1, 0.15) is 31.2 Å². The van der Waals surface area contributed by atoms with Crippen LogP contribution in [0.4, 0.5) is 5.69 Å². The molecule has 8 heteroatoms. The molecule has 0 spiro atoms. The second kappa shape index (κ2) is 9.02. The van der Waals surface area contributed by atoms with Crippen molar-refractivity contribution in [3.63, 3.8) is 0 Å². The minimum absolute atomic E-state index is 0.130. The summed E-state index contributed by atoms with van der Waals surface area (Å²) in [5.74, 6) is 1.77. The second-order valence-electron chi connectivity index (χ2n) is 8.71. The number of carbonyl (C=O) groups excluding carboxylic acids is 1. The van der Waals surface area contributed by atoms with Crippen LogP contribution >= 0.6 is 0 Å². The normalized spacial score (nSPS) is 21.9. The van der Waals surface area contributed by atoms with Gasteiger partial charge in [0.2, 0.25) is 5.91 Å². The van der Waals surface area contributed by atoms with Gasteiger partial charge < -0.3 is 14.8 Å². The molecule has 0 unspecified atom stereocenters. The van der Waals surface area contributed by atoms with Gasteiger partial charge in [0.05, 0.1) is 24.8 Å². The predicted molar refractivity (Wildman–Crippen MR) is 123 cm³/mol. The molecule has 172 valence electrons. The van der Waals surface area contributed by atoms with E-state index in [4.69, 9.17) is 9.47 Å². The number of methoxy groups -OCH3 is 2. The molecule has 2 aromatic carbocycles. The van der Waals surface area contributed by atoms with Crippen LogP contribution in [0.25, 0.3) is 0 Å². The summed E-state index contributed by atoms with van der Waals surface area (Å²) in [5.41, 5.74) is 1.29. The third kappa shape index (κ3) is 4.41. The molecular formula is C24H30N2O5S. The van der Waals surface area contributed by atoms with Crippen LogP contribution in [-0.2, 0) is 14.8 Å². The van der Waals surface area contributed by atoms with Crippen LogP contribution in [0, 0.1) is 18.8 Å². The van der Waals surface area contributed by atoms with Crippen LogP contribution in [-0.4, -0.2) is 41.1 Å². The van der Waals surface area contributed by atoms with E-state index in [2.05, 4.69) is 5.32 Å². The van der Waals surface area contributed by atoms with Gasteiger partial charge in [0.1, 0.15) is 6.54 Å². The van der Waals surface area contributed by atoms with E-state index < -0.39 is 10.0 Å². The van der Waals surface area contributed by atoms with E-state index in [1.165, 1.54) is 20.6 Å². The summed E-state index contributed by atoms with van der Waals surface area (Å²) in [6, 6.07) is 11.6. The van der Waals surface area contributed by atoms with Gasteiger partial charge in [-0.1, -0.05) is 24.1 Å². The fourth-order valence-electron chi connectivity index (χ4n) is 4.94. The summed E-state index contributed by atoms with van der Waals surface area (Å²) < 4.78 is 38.9. The minimum Gasteiger partial charge on any atom is -0.493 e. The molecule has 0 heterocycles. The number of nitrogens with one attached hydrogen (secondary N) is 1. The first kappa shape index (κ1) is 22.5. The van der Waals surface area contributed by atoms with Crippen molar-refractivity contribution in [3.8, 4) is 11.5 Å². The maximum absolute atomic E-state index is 13.6. The number of hydrogen-bond donors (Lipinski definition) is 1. The van der Waals surface area contributed by atoms with E-state index in [1.807, 2.05) is 6.92 Å². The van der Waals surface area contributed by atoms with Gasteiger partial charge in [0.25, 0.3) is 10.0 Å². The van der Waals surface area contributed by atoms with Gasteiger partial charge in [-0.25, -0.2) is 8.42 Å². The molecule has 2 aliphatic carbocycles. The Morgan fingerprint density at radius 2 is 1.75 bits per heavy atom. The number of sulfonamides is 1. The summed E-state index contributed by atoms with van der Waals surface area (Å²) in [7, 11) is -0.975. The monoisotopic (exact) mass is 458 g/mol. The topological polar surface area (TPSA) is 84.9 Å². The van der Waals surface area contributed by atoms with E-state index in [0.29, 0.717) is 29.0 Å². The summed E-state index contributed by atoms with van der Waals surface area (Å²) in [6.45, 7) is 1.59. The zero-order chi connectivity index (χ0) is 22.9. The molecule has 2 aliphatic rings. The molecule has 2 fully saturated rings. The number of rotatable bonds is 8. The molecular weight excluding hydrogens is 428 g/mol. The molecule has 7 nitrogen and oxygen atoms in total.